The number of nitrogens with zero attached hydrogens (tertiary/aromatic N) is 2. The van der Waals surface area contributed by atoms with Crippen LogP contribution >= 0.6 is 0 Å². The molecule has 2 aromatic carbocycles. The topological polar surface area (TPSA) is 193 Å². The maximum absolute atomic E-state index is 12.7. The first-order valence-corrected chi connectivity index (χ1v) is 14.8. The third kappa shape index (κ3) is 8.71. The predicted molar refractivity (Wildman–Crippen MR) is 134 cm³/mol. The zero-order valence-electron chi connectivity index (χ0n) is 21.1. The molecule has 3 rings (SSSR count). The second kappa shape index (κ2) is 12.2. The molecule has 0 bridgehead atoms. The van der Waals surface area contributed by atoms with Crippen LogP contribution in [0.1, 0.15) is 30.2 Å². The van der Waals surface area contributed by atoms with Gasteiger partial charge in [0.1, 0.15) is 16.9 Å². The molecule has 0 aliphatic carbocycles. The minimum absolute atomic E-state index is 0. The number of anilines is 2. The first-order chi connectivity index (χ1) is 16.6. The van der Waals surface area contributed by atoms with Gasteiger partial charge in [-0.1, -0.05) is 30.3 Å². The van der Waals surface area contributed by atoms with E-state index in [4.69, 9.17) is 0 Å². The van der Waals surface area contributed by atoms with Crippen LogP contribution in [0.3, 0.4) is 0 Å². The molecule has 196 valence electrons. The number of nitrogens with one attached hydrogen (secondary N) is 2. The Hall–Kier alpha value is -2.11. The molecule has 0 amide bonds. The van der Waals surface area contributed by atoms with Crippen molar-refractivity contribution < 1.29 is 65.3 Å². The zero-order valence-corrected chi connectivity index (χ0v) is 24.5. The van der Waals surface area contributed by atoms with E-state index in [1.165, 1.54) is 54.6 Å². The molecule has 1 aromatic heterocycles. The molecule has 2 unspecified atom stereocenters. The van der Waals surface area contributed by atoms with Crippen molar-refractivity contribution in [2.75, 3.05) is 10.0 Å². The van der Waals surface area contributed by atoms with Gasteiger partial charge >= 0.3 is 29.6 Å². The Morgan fingerprint density at radius 1 is 0.865 bits per heavy atom. The largest absolute Gasteiger partial charge is 1.00 e. The van der Waals surface area contributed by atoms with Crippen molar-refractivity contribution in [1.29, 1.82) is 0 Å². The van der Waals surface area contributed by atoms with Gasteiger partial charge in [0.15, 0.2) is 5.37 Å². The number of hydrogen-bond acceptors (Lipinski definition) is 9. The average Bonchev–Trinajstić information content (AvgIpc) is 2.75. The van der Waals surface area contributed by atoms with Crippen molar-refractivity contribution in [3.8, 4) is 0 Å². The summed E-state index contributed by atoms with van der Waals surface area (Å²) in [6, 6.07) is 13.7. The van der Waals surface area contributed by atoms with Crippen LogP contribution in [0.25, 0.3) is 0 Å². The van der Waals surface area contributed by atoms with Crippen molar-refractivity contribution in [2.45, 2.75) is 35.8 Å². The van der Waals surface area contributed by atoms with Gasteiger partial charge < -0.3 is 6.74 Å². The molecule has 0 aliphatic rings. The summed E-state index contributed by atoms with van der Waals surface area (Å²) in [6.45, 7) is 3.30. The molecule has 2 atom stereocenters. The molecule has 0 fully saturated rings. The smallest absolute Gasteiger partial charge is 1.00 e. The zero-order chi connectivity index (χ0) is 26.7. The first-order valence-electron chi connectivity index (χ1n) is 10.3. The van der Waals surface area contributed by atoms with Gasteiger partial charge in [-0.15, -0.1) is 0 Å². The number of aryl methyl sites for hydroxylation is 2. The van der Waals surface area contributed by atoms with Crippen molar-refractivity contribution >= 4 is 41.8 Å². The van der Waals surface area contributed by atoms with E-state index in [2.05, 4.69) is 20.0 Å². The second-order valence-electron chi connectivity index (χ2n) is 7.87. The quantitative estimate of drug-likeness (QED) is 0.181. The van der Waals surface area contributed by atoms with Gasteiger partial charge in [-0.05, 0) is 43.7 Å². The molecule has 0 aliphatic heterocycles. The fourth-order valence-electron chi connectivity index (χ4n) is 3.43. The molecule has 0 saturated heterocycles. The number of rotatable bonds is 10. The van der Waals surface area contributed by atoms with Gasteiger partial charge in [-0.25, -0.2) is 18.4 Å². The van der Waals surface area contributed by atoms with E-state index in [1.54, 1.807) is 19.9 Å². The number of aromatic nitrogens is 2. The van der Waals surface area contributed by atoms with Gasteiger partial charge in [-0.3, -0.25) is 13.8 Å². The number of hydrogen-bond donors (Lipinski definition) is 4. The van der Waals surface area contributed by atoms with Gasteiger partial charge in [0.25, 0.3) is 30.3 Å². The van der Waals surface area contributed by atoms with Crippen LogP contribution in [-0.4, -0.2) is 49.7 Å². The monoisotopic (exact) mass is 580 g/mol. The molecule has 1 heterocycles. The van der Waals surface area contributed by atoms with E-state index in [-0.39, 0.29) is 52.9 Å². The summed E-state index contributed by atoms with van der Waals surface area (Å²) in [5.41, 5.74) is 0.764. The summed E-state index contributed by atoms with van der Waals surface area (Å²) in [5.74, 6) is 0.452. The molecule has 37 heavy (non-hydrogen) atoms. The molecular formula is C21H25N4NaO8S3. The van der Waals surface area contributed by atoms with E-state index in [9.17, 15) is 34.4 Å². The predicted octanol–water partition coefficient (Wildman–Crippen LogP) is -0.344. The molecule has 0 saturated carbocycles. The Kier molecular flexibility index (Phi) is 10.2. The second-order valence-corrected chi connectivity index (χ2v) is 12.7. The van der Waals surface area contributed by atoms with Gasteiger partial charge in [-0.2, -0.15) is 16.8 Å². The van der Waals surface area contributed by atoms with Crippen LogP contribution in [-0.2, 0) is 30.3 Å². The van der Waals surface area contributed by atoms with Crippen molar-refractivity contribution in [3.05, 3.63) is 77.7 Å². The summed E-state index contributed by atoms with van der Waals surface area (Å²) in [7, 11) is -13.6. The van der Waals surface area contributed by atoms with Crippen molar-refractivity contribution in [1.82, 2.24) is 9.97 Å². The Balaban J connectivity index is 0.00000361. The molecular weight excluding hydrogens is 555 g/mol. The van der Waals surface area contributed by atoms with Crippen LogP contribution in [0.4, 0.5) is 11.5 Å². The normalized spacial score (nSPS) is 13.7. The van der Waals surface area contributed by atoms with Crippen LogP contribution < -0.4 is 39.6 Å². The Labute approximate surface area is 239 Å². The van der Waals surface area contributed by atoms with Gasteiger partial charge in [0, 0.05) is 23.9 Å². The summed E-state index contributed by atoms with van der Waals surface area (Å²) >= 11 is 0. The molecule has 3 aromatic rings. The SMILES string of the molecule is Cc1cc(NS(=O)(=O)c2ccc(NC(CC(c3ccccc3)S(=O)(=O)O)S(=O)(=O)O)cc2)nc(C)n1.[H-].[Na+]. The van der Waals surface area contributed by atoms with E-state index < -0.39 is 47.3 Å². The Morgan fingerprint density at radius 2 is 1.46 bits per heavy atom. The maximum atomic E-state index is 12.7. The van der Waals surface area contributed by atoms with E-state index >= 15 is 0 Å². The van der Waals surface area contributed by atoms with E-state index in [1.807, 2.05) is 0 Å². The standard InChI is InChI=1S/C21H24N4O8S3.Na.H/c1-14-12-20(23-15(2)22-14)25-34(26,27)18-10-8-17(9-11-18)24-21(36(31,32)33)13-19(35(28,29)30)16-6-4-3-5-7-16;;/h3-12,19,21,24H,13H2,1-2H3,(H,22,23,25)(H,28,29,30)(H,31,32,33);;/q;+1;-1. The van der Waals surface area contributed by atoms with E-state index in [0.29, 0.717) is 11.5 Å². The Bertz CT molecular complexity index is 1540. The minimum atomic E-state index is -4.85. The average molecular weight is 581 g/mol. The van der Waals surface area contributed by atoms with Crippen LogP contribution in [0, 0.1) is 13.8 Å². The van der Waals surface area contributed by atoms with Crippen LogP contribution in [0.2, 0.25) is 0 Å². The van der Waals surface area contributed by atoms with Gasteiger partial charge in [0.05, 0.1) is 4.90 Å². The van der Waals surface area contributed by atoms with Crippen LogP contribution in [0.5, 0.6) is 0 Å². The maximum Gasteiger partial charge on any atom is 1.00 e. The first kappa shape index (κ1) is 31.1. The number of sulfonamides is 1. The molecule has 0 radical (unpaired) electrons. The summed E-state index contributed by atoms with van der Waals surface area (Å²) in [4.78, 5) is 7.94. The summed E-state index contributed by atoms with van der Waals surface area (Å²) in [6.07, 6.45) is -0.726. The summed E-state index contributed by atoms with van der Waals surface area (Å²) < 4.78 is 95.1. The van der Waals surface area contributed by atoms with Crippen molar-refractivity contribution in [2.24, 2.45) is 0 Å². The summed E-state index contributed by atoms with van der Waals surface area (Å²) in [5, 5.41) is -1.00. The number of benzene rings is 2. The molecule has 0 spiro atoms. The third-order valence-electron chi connectivity index (χ3n) is 5.02. The minimum Gasteiger partial charge on any atom is -1.00 e. The fraction of sp³-hybridized carbons (Fsp3) is 0.238. The van der Waals surface area contributed by atoms with Crippen molar-refractivity contribution in [3.63, 3.8) is 0 Å². The van der Waals surface area contributed by atoms with Crippen LogP contribution in [0.15, 0.2) is 65.6 Å². The molecule has 12 nitrogen and oxygen atoms in total. The fourth-order valence-corrected chi connectivity index (χ4v) is 6.20. The third-order valence-corrected chi connectivity index (χ3v) is 8.60. The molecule has 16 heteroatoms. The van der Waals surface area contributed by atoms with E-state index in [0.717, 1.165) is 0 Å². The molecule has 4 N–H and O–H groups in total. The van der Waals surface area contributed by atoms with Gasteiger partial charge in [0.2, 0.25) is 0 Å². The Morgan fingerprint density at radius 3 is 1.97 bits per heavy atom.